The van der Waals surface area contributed by atoms with Gasteiger partial charge >= 0.3 is 6.18 Å². The van der Waals surface area contributed by atoms with Crippen LogP contribution >= 0.6 is 11.3 Å². The number of nitrogens with zero attached hydrogens (tertiary/aromatic N) is 6. The van der Waals surface area contributed by atoms with E-state index < -0.39 is 17.9 Å². The highest BCUT2D eigenvalue weighted by Crippen LogP contribution is 2.34. The van der Waals surface area contributed by atoms with E-state index in [-0.39, 0.29) is 29.9 Å². The number of likely N-dealkylation sites (tertiary alicyclic amines) is 1. The van der Waals surface area contributed by atoms with E-state index in [0.29, 0.717) is 24.3 Å². The summed E-state index contributed by atoms with van der Waals surface area (Å²) in [5.74, 6) is -0.401. The van der Waals surface area contributed by atoms with Gasteiger partial charge in [0.2, 0.25) is 5.91 Å². The number of aromatic nitrogens is 5. The molecular weight excluding hydrogens is 417 g/mol. The number of thiophene rings is 1. The number of halogens is 3. The molecule has 7 nitrogen and oxygen atoms in total. The van der Waals surface area contributed by atoms with Crippen LogP contribution < -0.4 is 0 Å². The fraction of sp³-hybridized carbons (Fsp3) is 0.421. The van der Waals surface area contributed by atoms with Crippen molar-refractivity contribution in [1.82, 2.24) is 29.6 Å². The lowest BCUT2D eigenvalue weighted by Gasteiger charge is -2.33. The third-order valence-corrected chi connectivity index (χ3v) is 5.99. The summed E-state index contributed by atoms with van der Waals surface area (Å²) in [7, 11) is 0. The molecule has 1 saturated heterocycles. The Hall–Kier alpha value is -2.82. The van der Waals surface area contributed by atoms with Gasteiger partial charge < -0.3 is 4.90 Å². The number of carbonyl (C=O) groups excluding carboxylic acids is 1. The monoisotopic (exact) mass is 436 g/mol. The van der Waals surface area contributed by atoms with Gasteiger partial charge in [-0.05, 0) is 37.3 Å². The van der Waals surface area contributed by atoms with Gasteiger partial charge in [0.1, 0.15) is 30.2 Å². The molecule has 0 aromatic carbocycles. The number of alkyl halides is 3. The van der Waals surface area contributed by atoms with Crippen molar-refractivity contribution in [3.05, 3.63) is 47.8 Å². The van der Waals surface area contributed by atoms with Crippen LogP contribution in [0.15, 0.2) is 36.2 Å². The Morgan fingerprint density at radius 1 is 1.33 bits per heavy atom. The molecule has 0 radical (unpaired) electrons. The summed E-state index contributed by atoms with van der Waals surface area (Å²) < 4.78 is 41.8. The molecule has 1 aliphatic heterocycles. The lowest BCUT2D eigenvalue weighted by atomic mass is 9.96. The van der Waals surface area contributed by atoms with Gasteiger partial charge in [0, 0.05) is 19.0 Å². The molecule has 0 spiro atoms. The second-order valence-electron chi connectivity index (χ2n) is 7.15. The van der Waals surface area contributed by atoms with Crippen LogP contribution in [-0.4, -0.2) is 48.6 Å². The average Bonchev–Trinajstić information content (AvgIpc) is 3.46. The third-order valence-electron chi connectivity index (χ3n) is 5.10. The van der Waals surface area contributed by atoms with Crippen molar-refractivity contribution in [3.8, 4) is 10.6 Å². The zero-order valence-corrected chi connectivity index (χ0v) is 16.9. The van der Waals surface area contributed by atoms with Crippen LogP contribution in [0, 0.1) is 0 Å². The second-order valence-corrected chi connectivity index (χ2v) is 8.09. The van der Waals surface area contributed by atoms with Crippen molar-refractivity contribution >= 4 is 17.2 Å². The molecule has 2 atom stereocenters. The van der Waals surface area contributed by atoms with E-state index in [1.807, 2.05) is 0 Å². The molecule has 30 heavy (non-hydrogen) atoms. The van der Waals surface area contributed by atoms with Gasteiger partial charge in [-0.15, -0.1) is 11.3 Å². The Labute approximate surface area is 174 Å². The largest absolute Gasteiger partial charge is 0.433 e. The first-order valence-corrected chi connectivity index (χ1v) is 10.3. The Morgan fingerprint density at radius 2 is 2.17 bits per heavy atom. The molecule has 4 rings (SSSR count). The highest BCUT2D eigenvalue weighted by Gasteiger charge is 2.36. The van der Waals surface area contributed by atoms with Gasteiger partial charge in [-0.2, -0.15) is 18.3 Å². The van der Waals surface area contributed by atoms with E-state index >= 15 is 0 Å². The molecule has 0 bridgehead atoms. The molecule has 1 amide bonds. The van der Waals surface area contributed by atoms with Gasteiger partial charge in [-0.1, -0.05) is 6.07 Å². The zero-order valence-electron chi connectivity index (χ0n) is 16.1. The highest BCUT2D eigenvalue weighted by molar-refractivity contribution is 7.13. The Kier molecular flexibility index (Phi) is 5.54. The van der Waals surface area contributed by atoms with Gasteiger partial charge in [0.25, 0.3) is 0 Å². The van der Waals surface area contributed by atoms with E-state index in [0.717, 1.165) is 6.07 Å². The van der Waals surface area contributed by atoms with E-state index in [4.69, 9.17) is 0 Å². The van der Waals surface area contributed by atoms with Gasteiger partial charge in [-0.25, -0.2) is 19.6 Å². The zero-order chi connectivity index (χ0) is 21.3. The second kappa shape index (κ2) is 8.13. The Bertz CT molecular complexity index is 1010. The molecule has 3 aromatic rings. The topological polar surface area (TPSA) is 76.8 Å². The summed E-state index contributed by atoms with van der Waals surface area (Å²) in [6.45, 7) is 2.52. The fourth-order valence-corrected chi connectivity index (χ4v) is 4.21. The maximum Gasteiger partial charge on any atom is 0.433 e. The van der Waals surface area contributed by atoms with Crippen LogP contribution in [0.25, 0.3) is 10.6 Å². The van der Waals surface area contributed by atoms with Crippen LogP contribution in [0.2, 0.25) is 0 Å². The molecular formula is C19H19F3N6OS. The first-order chi connectivity index (χ1) is 14.3. The molecule has 0 N–H and O–H groups in total. The van der Waals surface area contributed by atoms with Crippen molar-refractivity contribution < 1.29 is 18.0 Å². The van der Waals surface area contributed by atoms with E-state index in [1.165, 1.54) is 28.7 Å². The highest BCUT2D eigenvalue weighted by atomic mass is 32.1. The van der Waals surface area contributed by atoms with Crippen LogP contribution in [-0.2, 0) is 11.0 Å². The smallest absolute Gasteiger partial charge is 0.340 e. The first kappa shape index (κ1) is 20.5. The molecule has 11 heteroatoms. The number of hydrogen-bond donors (Lipinski definition) is 0. The van der Waals surface area contributed by atoms with Crippen LogP contribution in [0.1, 0.15) is 43.2 Å². The van der Waals surface area contributed by atoms with Crippen molar-refractivity contribution in [3.63, 3.8) is 0 Å². The minimum absolute atomic E-state index is 0.124. The predicted molar refractivity (Wildman–Crippen MR) is 104 cm³/mol. The number of carbonyl (C=O) groups is 1. The molecule has 158 valence electrons. The normalized spacial score (nSPS) is 18.4. The van der Waals surface area contributed by atoms with Crippen molar-refractivity contribution in [2.24, 2.45) is 0 Å². The molecule has 2 unspecified atom stereocenters. The Balaban J connectivity index is 1.61. The predicted octanol–water partition coefficient (Wildman–Crippen LogP) is 3.78. The van der Waals surface area contributed by atoms with Crippen LogP contribution in [0.4, 0.5) is 13.2 Å². The maximum absolute atomic E-state index is 13.5. The average molecular weight is 436 g/mol. The van der Waals surface area contributed by atoms with Crippen molar-refractivity contribution in [2.75, 3.05) is 13.1 Å². The minimum atomic E-state index is -4.57. The summed E-state index contributed by atoms with van der Waals surface area (Å²) in [4.78, 5) is 27.3. The molecule has 0 aliphatic carbocycles. The molecule has 4 heterocycles. The SMILES string of the molecule is CC(C(=O)N1CCCC(c2nc(-c3cccs3)cc(C(F)(F)F)n2)C1)n1cncn1. The molecule has 3 aromatic heterocycles. The summed E-state index contributed by atoms with van der Waals surface area (Å²) >= 11 is 1.32. The number of amides is 1. The number of piperidine rings is 1. The molecule has 0 saturated carbocycles. The lowest BCUT2D eigenvalue weighted by molar-refractivity contribution is -0.141. The van der Waals surface area contributed by atoms with E-state index in [1.54, 1.807) is 29.3 Å². The summed E-state index contributed by atoms with van der Waals surface area (Å²) in [5.41, 5.74) is -0.711. The fourth-order valence-electron chi connectivity index (χ4n) is 3.53. The minimum Gasteiger partial charge on any atom is -0.340 e. The van der Waals surface area contributed by atoms with Crippen LogP contribution in [0.3, 0.4) is 0 Å². The maximum atomic E-state index is 13.5. The summed E-state index contributed by atoms with van der Waals surface area (Å²) in [6, 6.07) is 3.93. The first-order valence-electron chi connectivity index (χ1n) is 9.46. The standard InChI is InChI=1S/C19H19F3N6OS/c1-12(28-11-23-10-24-28)18(29)27-6-2-4-13(9-27)17-25-14(15-5-3-7-30-15)8-16(26-17)19(20,21)22/h3,5,7-8,10-13H,2,4,6,9H2,1H3. The quantitative estimate of drug-likeness (QED) is 0.622. The van der Waals surface area contributed by atoms with Gasteiger partial charge in [-0.3, -0.25) is 4.79 Å². The number of rotatable bonds is 4. The van der Waals surface area contributed by atoms with Crippen molar-refractivity contribution in [2.45, 2.75) is 37.9 Å². The third kappa shape index (κ3) is 4.20. The summed E-state index contributed by atoms with van der Waals surface area (Å²) in [6.07, 6.45) is -0.477. The lowest BCUT2D eigenvalue weighted by Crippen LogP contribution is -2.42. The van der Waals surface area contributed by atoms with Crippen molar-refractivity contribution in [1.29, 1.82) is 0 Å². The number of hydrogen-bond acceptors (Lipinski definition) is 6. The molecule has 1 aliphatic rings. The van der Waals surface area contributed by atoms with Gasteiger partial charge in [0.05, 0.1) is 10.6 Å². The summed E-state index contributed by atoms with van der Waals surface area (Å²) in [5, 5.41) is 5.79. The van der Waals surface area contributed by atoms with E-state index in [2.05, 4.69) is 20.1 Å². The molecule has 1 fully saturated rings. The van der Waals surface area contributed by atoms with Gasteiger partial charge in [0.15, 0.2) is 0 Å². The Morgan fingerprint density at radius 3 is 2.83 bits per heavy atom. The van der Waals surface area contributed by atoms with Crippen LogP contribution in [0.5, 0.6) is 0 Å². The van der Waals surface area contributed by atoms with E-state index in [9.17, 15) is 18.0 Å².